The van der Waals surface area contributed by atoms with E-state index in [2.05, 4.69) is 9.46 Å². The van der Waals surface area contributed by atoms with E-state index in [9.17, 15) is 4.21 Å². The molecule has 0 amide bonds. The highest BCUT2D eigenvalue weighted by atomic mass is 32.2. The van der Waals surface area contributed by atoms with Crippen molar-refractivity contribution in [2.75, 3.05) is 6.26 Å². The third-order valence-electron chi connectivity index (χ3n) is 1.23. The lowest BCUT2D eigenvalue weighted by Gasteiger charge is -1.98. The van der Waals surface area contributed by atoms with E-state index in [4.69, 9.17) is 5.84 Å². The van der Waals surface area contributed by atoms with Gasteiger partial charge in [0.1, 0.15) is 14.8 Å². The average Bonchev–Trinajstić information content (AvgIpc) is 2.06. The molecule has 0 aliphatic heterocycles. The summed E-state index contributed by atoms with van der Waals surface area (Å²) in [6, 6.07) is 5.13. The van der Waals surface area contributed by atoms with Gasteiger partial charge in [0.2, 0.25) is 0 Å². The maximum atomic E-state index is 11.4. The molecule has 0 spiro atoms. The Morgan fingerprint density at radius 2 is 2.36 bits per heavy atom. The normalized spacial score (nSPS) is 15.5. The van der Waals surface area contributed by atoms with Crippen LogP contribution in [-0.4, -0.2) is 15.4 Å². The van der Waals surface area contributed by atoms with Gasteiger partial charge in [-0.25, -0.2) is 15.0 Å². The van der Waals surface area contributed by atoms with Gasteiger partial charge in [0.15, 0.2) is 0 Å². The van der Waals surface area contributed by atoms with Crippen molar-refractivity contribution in [1.82, 2.24) is 4.98 Å². The lowest BCUT2D eigenvalue weighted by Crippen LogP contribution is -2.02. The molecule has 0 aromatic carbocycles. The molecule has 0 fully saturated rings. The smallest absolute Gasteiger partial charge is 0.136 e. The number of aromatic nitrogens is 1. The zero-order chi connectivity index (χ0) is 8.32. The molecule has 0 aliphatic carbocycles. The number of hydrogen-bond donors (Lipinski definition) is 1. The highest BCUT2D eigenvalue weighted by molar-refractivity contribution is 7.92. The van der Waals surface area contributed by atoms with Crippen LogP contribution in [0.3, 0.4) is 0 Å². The SMILES string of the molecule is CS(=O)(=NN)c1ccccn1. The molecule has 0 saturated heterocycles. The van der Waals surface area contributed by atoms with Crippen LogP contribution in [0.15, 0.2) is 33.9 Å². The van der Waals surface area contributed by atoms with Crippen molar-refractivity contribution < 1.29 is 4.21 Å². The summed E-state index contributed by atoms with van der Waals surface area (Å²) >= 11 is 0. The molecule has 2 N–H and O–H groups in total. The van der Waals surface area contributed by atoms with Gasteiger partial charge in [-0.2, -0.15) is 0 Å². The number of rotatable bonds is 1. The Morgan fingerprint density at radius 3 is 2.82 bits per heavy atom. The van der Waals surface area contributed by atoms with Crippen LogP contribution < -0.4 is 5.84 Å². The fourth-order valence-corrected chi connectivity index (χ4v) is 1.32. The average molecular weight is 171 g/mol. The largest absolute Gasteiger partial charge is 0.246 e. The van der Waals surface area contributed by atoms with Gasteiger partial charge in [0, 0.05) is 12.5 Å². The second kappa shape index (κ2) is 2.98. The van der Waals surface area contributed by atoms with Crippen LogP contribution in [0.4, 0.5) is 0 Å². The van der Waals surface area contributed by atoms with Gasteiger partial charge in [0.25, 0.3) is 0 Å². The minimum Gasteiger partial charge on any atom is -0.246 e. The highest BCUT2D eigenvalue weighted by Gasteiger charge is 2.03. The fourth-order valence-electron chi connectivity index (χ4n) is 0.625. The lowest BCUT2D eigenvalue weighted by molar-refractivity contribution is 0.676. The fraction of sp³-hybridized carbons (Fsp3) is 0.167. The Hall–Kier alpha value is -0.940. The molecule has 0 radical (unpaired) electrons. The Bertz CT molecular complexity index is 340. The Labute approximate surface area is 65.6 Å². The molecule has 1 unspecified atom stereocenters. The first kappa shape index (κ1) is 8.16. The lowest BCUT2D eigenvalue weighted by atomic mass is 10.5. The number of pyridine rings is 1. The molecule has 1 rings (SSSR count). The van der Waals surface area contributed by atoms with Gasteiger partial charge in [-0.05, 0) is 12.1 Å². The summed E-state index contributed by atoms with van der Waals surface area (Å²) in [4.78, 5) is 3.87. The molecule has 1 atom stereocenters. The van der Waals surface area contributed by atoms with Crippen molar-refractivity contribution >= 4 is 9.73 Å². The molecule has 0 bridgehead atoms. The monoisotopic (exact) mass is 171 g/mol. The maximum absolute atomic E-state index is 11.4. The van der Waals surface area contributed by atoms with E-state index in [0.29, 0.717) is 5.03 Å². The van der Waals surface area contributed by atoms with Crippen LogP contribution in [0.5, 0.6) is 0 Å². The Morgan fingerprint density at radius 1 is 1.64 bits per heavy atom. The number of nitrogens with zero attached hydrogens (tertiary/aromatic N) is 2. The third-order valence-corrected chi connectivity index (χ3v) is 2.65. The summed E-state index contributed by atoms with van der Waals surface area (Å²) < 4.78 is 14.7. The van der Waals surface area contributed by atoms with Gasteiger partial charge < -0.3 is 0 Å². The molecule has 5 heteroatoms. The van der Waals surface area contributed by atoms with Crippen molar-refractivity contribution in [2.45, 2.75) is 5.03 Å². The van der Waals surface area contributed by atoms with Crippen molar-refractivity contribution in [2.24, 2.45) is 10.3 Å². The van der Waals surface area contributed by atoms with E-state index in [-0.39, 0.29) is 0 Å². The van der Waals surface area contributed by atoms with Crippen molar-refractivity contribution in [3.8, 4) is 0 Å². The standard InChI is InChI=1S/C6H9N3OS/c1-11(10,9-7)6-4-2-3-5-8-6/h2-5H,7H2,1H3. The van der Waals surface area contributed by atoms with E-state index in [0.717, 1.165) is 0 Å². The van der Waals surface area contributed by atoms with Gasteiger partial charge in [0.05, 0.1) is 0 Å². The molecule has 1 aromatic heterocycles. The van der Waals surface area contributed by atoms with Gasteiger partial charge >= 0.3 is 0 Å². The Balaban J connectivity index is 3.25. The maximum Gasteiger partial charge on any atom is 0.136 e. The second-order valence-electron chi connectivity index (χ2n) is 2.08. The van der Waals surface area contributed by atoms with E-state index >= 15 is 0 Å². The Kier molecular flexibility index (Phi) is 2.21. The van der Waals surface area contributed by atoms with Crippen LogP contribution in [0.1, 0.15) is 0 Å². The van der Waals surface area contributed by atoms with E-state index in [1.54, 1.807) is 24.4 Å². The third kappa shape index (κ3) is 1.75. The van der Waals surface area contributed by atoms with Gasteiger partial charge in [-0.15, -0.1) is 4.47 Å². The first-order valence-electron chi connectivity index (χ1n) is 2.99. The molecular formula is C6H9N3OS. The van der Waals surface area contributed by atoms with Crippen LogP contribution in [0.2, 0.25) is 0 Å². The quantitative estimate of drug-likeness (QED) is 0.491. The van der Waals surface area contributed by atoms with Crippen LogP contribution >= 0.6 is 0 Å². The summed E-state index contributed by atoms with van der Waals surface area (Å²) in [6.07, 6.45) is 3.01. The number of nitrogens with two attached hydrogens (primary N) is 1. The molecule has 0 aliphatic rings. The predicted molar refractivity (Wildman–Crippen MR) is 43.2 cm³/mol. The van der Waals surface area contributed by atoms with E-state index < -0.39 is 9.73 Å². The summed E-state index contributed by atoms with van der Waals surface area (Å²) in [5.41, 5.74) is 0. The summed E-state index contributed by atoms with van der Waals surface area (Å²) in [7, 11) is -2.46. The minimum atomic E-state index is -2.46. The van der Waals surface area contributed by atoms with Crippen molar-refractivity contribution in [3.05, 3.63) is 24.4 Å². The first-order chi connectivity index (χ1) is 5.17. The van der Waals surface area contributed by atoms with Gasteiger partial charge in [-0.1, -0.05) is 6.07 Å². The summed E-state index contributed by atoms with van der Waals surface area (Å²) in [5.74, 6) is 4.95. The second-order valence-corrected chi connectivity index (χ2v) is 4.31. The minimum absolute atomic E-state index is 0.419. The molecule has 4 nitrogen and oxygen atoms in total. The zero-order valence-corrected chi connectivity index (χ0v) is 6.91. The van der Waals surface area contributed by atoms with Crippen LogP contribution in [0, 0.1) is 0 Å². The van der Waals surface area contributed by atoms with Crippen LogP contribution in [-0.2, 0) is 9.73 Å². The molecule has 11 heavy (non-hydrogen) atoms. The van der Waals surface area contributed by atoms with Gasteiger partial charge in [-0.3, -0.25) is 0 Å². The highest BCUT2D eigenvalue weighted by Crippen LogP contribution is 2.04. The predicted octanol–water partition coefficient (Wildman–Crippen LogP) is 0.412. The molecule has 60 valence electrons. The molecule has 0 saturated carbocycles. The molecule has 1 heterocycles. The number of hydrogen-bond acceptors (Lipinski definition) is 3. The van der Waals surface area contributed by atoms with E-state index in [1.165, 1.54) is 6.26 Å². The van der Waals surface area contributed by atoms with Crippen LogP contribution in [0.25, 0.3) is 0 Å². The molecule has 1 aromatic rings. The van der Waals surface area contributed by atoms with E-state index in [1.807, 2.05) is 0 Å². The summed E-state index contributed by atoms with van der Waals surface area (Å²) in [6.45, 7) is 0. The molecular weight excluding hydrogens is 162 g/mol. The first-order valence-corrected chi connectivity index (χ1v) is 4.91. The van der Waals surface area contributed by atoms with Crippen molar-refractivity contribution in [3.63, 3.8) is 0 Å². The zero-order valence-electron chi connectivity index (χ0n) is 6.10. The van der Waals surface area contributed by atoms with Crippen molar-refractivity contribution in [1.29, 1.82) is 0 Å². The summed E-state index contributed by atoms with van der Waals surface area (Å²) in [5, 5.41) is 0.419. The topological polar surface area (TPSA) is 68.3 Å².